The number of nitrogens with zero attached hydrogens (tertiary/aromatic N) is 2. The molecule has 1 aromatic rings. The number of likely N-dealkylation sites (tertiary alicyclic amines) is 2. The third-order valence-corrected chi connectivity index (χ3v) is 5.75. The largest absolute Gasteiger partial charge is 0.377 e. The van der Waals surface area contributed by atoms with Gasteiger partial charge < -0.3 is 14.5 Å². The lowest BCUT2D eigenvalue weighted by atomic mass is 9.88. The first kappa shape index (κ1) is 16.0. The average Bonchev–Trinajstić information content (AvgIpc) is 3.24. The Balaban J connectivity index is 1.35. The van der Waals surface area contributed by atoms with E-state index in [9.17, 15) is 9.18 Å². The summed E-state index contributed by atoms with van der Waals surface area (Å²) in [6.07, 6.45) is 3.93. The summed E-state index contributed by atoms with van der Waals surface area (Å²) in [6.45, 7) is 5.79. The van der Waals surface area contributed by atoms with E-state index in [1.54, 1.807) is 12.1 Å². The molecule has 0 unspecified atom stereocenters. The normalized spacial score (nSPS) is 30.5. The van der Waals surface area contributed by atoms with E-state index in [0.29, 0.717) is 23.5 Å². The van der Waals surface area contributed by atoms with Crippen molar-refractivity contribution >= 4 is 5.91 Å². The van der Waals surface area contributed by atoms with Crippen molar-refractivity contribution in [3.8, 4) is 0 Å². The monoisotopic (exact) mass is 332 g/mol. The number of carbonyl (C=O) groups excluding carboxylic acids is 1. The van der Waals surface area contributed by atoms with Crippen LogP contribution in [0.3, 0.4) is 0 Å². The van der Waals surface area contributed by atoms with Crippen LogP contribution in [-0.4, -0.2) is 61.1 Å². The van der Waals surface area contributed by atoms with Gasteiger partial charge in [0.1, 0.15) is 5.82 Å². The lowest BCUT2D eigenvalue weighted by Crippen LogP contribution is -2.43. The number of fused-ring (bicyclic) bond motifs is 1. The molecule has 1 aromatic carbocycles. The van der Waals surface area contributed by atoms with Crippen LogP contribution in [-0.2, 0) is 4.74 Å². The van der Waals surface area contributed by atoms with Crippen LogP contribution in [0.25, 0.3) is 0 Å². The van der Waals surface area contributed by atoms with Crippen molar-refractivity contribution < 1.29 is 13.9 Å². The average molecular weight is 332 g/mol. The Morgan fingerprint density at radius 1 is 1.12 bits per heavy atom. The zero-order chi connectivity index (χ0) is 16.5. The standard InChI is InChI=1S/C19H25FN2O2/c20-17-5-3-14(4-6-17)19(23)22-11-15-7-8-21(10-16(15)12-22)13-18-2-1-9-24-18/h3-6,15-16,18H,1-2,7-13H2/t15-,16+,18+/m0/s1. The van der Waals surface area contributed by atoms with E-state index in [1.807, 2.05) is 4.90 Å². The molecule has 3 aliphatic heterocycles. The maximum atomic E-state index is 13.0. The summed E-state index contributed by atoms with van der Waals surface area (Å²) in [7, 11) is 0. The molecule has 3 aliphatic rings. The van der Waals surface area contributed by atoms with Gasteiger partial charge in [0, 0.05) is 38.3 Å². The third-order valence-electron chi connectivity index (χ3n) is 5.75. The second kappa shape index (κ2) is 6.81. The van der Waals surface area contributed by atoms with Crippen molar-refractivity contribution in [3.63, 3.8) is 0 Å². The summed E-state index contributed by atoms with van der Waals surface area (Å²) >= 11 is 0. The summed E-state index contributed by atoms with van der Waals surface area (Å²) in [5, 5.41) is 0. The predicted molar refractivity (Wildman–Crippen MR) is 89.3 cm³/mol. The van der Waals surface area contributed by atoms with E-state index >= 15 is 0 Å². The first-order valence-corrected chi connectivity index (χ1v) is 9.08. The molecule has 0 radical (unpaired) electrons. The van der Waals surface area contributed by atoms with Gasteiger partial charge in [0.25, 0.3) is 5.91 Å². The number of halogens is 1. The van der Waals surface area contributed by atoms with Crippen LogP contribution in [0.5, 0.6) is 0 Å². The number of rotatable bonds is 3. The minimum atomic E-state index is -0.300. The molecular weight excluding hydrogens is 307 g/mol. The first-order chi connectivity index (χ1) is 11.7. The van der Waals surface area contributed by atoms with Crippen molar-refractivity contribution in [2.24, 2.45) is 11.8 Å². The van der Waals surface area contributed by atoms with Crippen LogP contribution >= 0.6 is 0 Å². The zero-order valence-corrected chi connectivity index (χ0v) is 14.0. The van der Waals surface area contributed by atoms with Gasteiger partial charge in [-0.05, 0) is 61.9 Å². The Kier molecular flexibility index (Phi) is 4.55. The molecular formula is C19H25FN2O2. The predicted octanol–water partition coefficient (Wildman–Crippen LogP) is 2.40. The third kappa shape index (κ3) is 3.33. The molecule has 0 aliphatic carbocycles. The van der Waals surface area contributed by atoms with Gasteiger partial charge in [-0.2, -0.15) is 0 Å². The lowest BCUT2D eigenvalue weighted by Gasteiger charge is -2.35. The van der Waals surface area contributed by atoms with E-state index in [1.165, 1.54) is 25.0 Å². The van der Waals surface area contributed by atoms with Crippen LogP contribution in [0, 0.1) is 17.7 Å². The minimum Gasteiger partial charge on any atom is -0.377 e. The molecule has 3 saturated heterocycles. The number of piperidine rings is 1. The highest BCUT2D eigenvalue weighted by molar-refractivity contribution is 5.94. The maximum Gasteiger partial charge on any atom is 0.253 e. The molecule has 0 saturated carbocycles. The molecule has 4 nitrogen and oxygen atoms in total. The molecule has 5 heteroatoms. The van der Waals surface area contributed by atoms with E-state index in [0.717, 1.165) is 45.8 Å². The number of hydrogen-bond donors (Lipinski definition) is 0. The van der Waals surface area contributed by atoms with Crippen molar-refractivity contribution in [2.45, 2.75) is 25.4 Å². The second-order valence-electron chi connectivity index (χ2n) is 7.42. The molecule has 3 atom stereocenters. The van der Waals surface area contributed by atoms with Crippen LogP contribution in [0.15, 0.2) is 24.3 Å². The molecule has 1 amide bonds. The number of carbonyl (C=O) groups is 1. The van der Waals surface area contributed by atoms with E-state index < -0.39 is 0 Å². The highest BCUT2D eigenvalue weighted by atomic mass is 19.1. The Morgan fingerprint density at radius 3 is 2.67 bits per heavy atom. The first-order valence-electron chi connectivity index (χ1n) is 9.08. The van der Waals surface area contributed by atoms with E-state index in [-0.39, 0.29) is 11.7 Å². The van der Waals surface area contributed by atoms with Crippen LogP contribution in [0.4, 0.5) is 4.39 Å². The fraction of sp³-hybridized carbons (Fsp3) is 0.632. The van der Waals surface area contributed by atoms with Gasteiger partial charge in [-0.25, -0.2) is 4.39 Å². The van der Waals surface area contributed by atoms with Gasteiger partial charge in [0.05, 0.1) is 6.10 Å². The summed E-state index contributed by atoms with van der Waals surface area (Å²) in [5.41, 5.74) is 0.589. The van der Waals surface area contributed by atoms with E-state index in [2.05, 4.69) is 4.90 Å². The summed E-state index contributed by atoms with van der Waals surface area (Å²) in [6, 6.07) is 5.89. The molecule has 0 aromatic heterocycles. The molecule has 24 heavy (non-hydrogen) atoms. The maximum absolute atomic E-state index is 13.0. The van der Waals surface area contributed by atoms with Crippen LogP contribution < -0.4 is 0 Å². The Labute approximate surface area is 142 Å². The van der Waals surface area contributed by atoms with Crippen LogP contribution in [0.2, 0.25) is 0 Å². The second-order valence-corrected chi connectivity index (χ2v) is 7.42. The molecule has 0 N–H and O–H groups in total. The minimum absolute atomic E-state index is 0.0371. The number of amides is 1. The lowest BCUT2D eigenvalue weighted by molar-refractivity contribution is 0.0506. The van der Waals surface area contributed by atoms with Gasteiger partial charge in [-0.1, -0.05) is 0 Å². The molecule has 4 rings (SSSR count). The Morgan fingerprint density at radius 2 is 1.92 bits per heavy atom. The number of ether oxygens (including phenoxy) is 1. The zero-order valence-electron chi connectivity index (χ0n) is 14.0. The topological polar surface area (TPSA) is 32.8 Å². The van der Waals surface area contributed by atoms with Crippen LogP contribution in [0.1, 0.15) is 29.6 Å². The van der Waals surface area contributed by atoms with Crippen molar-refractivity contribution in [1.82, 2.24) is 9.80 Å². The molecule has 3 heterocycles. The fourth-order valence-electron chi connectivity index (χ4n) is 4.43. The van der Waals surface area contributed by atoms with E-state index in [4.69, 9.17) is 4.74 Å². The van der Waals surface area contributed by atoms with Gasteiger partial charge >= 0.3 is 0 Å². The smallest absolute Gasteiger partial charge is 0.253 e. The molecule has 0 bridgehead atoms. The van der Waals surface area contributed by atoms with Gasteiger partial charge in [0.2, 0.25) is 0 Å². The molecule has 130 valence electrons. The van der Waals surface area contributed by atoms with Crippen molar-refractivity contribution in [3.05, 3.63) is 35.6 Å². The molecule has 0 spiro atoms. The quantitative estimate of drug-likeness (QED) is 0.852. The summed E-state index contributed by atoms with van der Waals surface area (Å²) in [4.78, 5) is 17.1. The van der Waals surface area contributed by atoms with Crippen molar-refractivity contribution in [1.29, 1.82) is 0 Å². The van der Waals surface area contributed by atoms with Gasteiger partial charge in [-0.15, -0.1) is 0 Å². The highest BCUT2D eigenvalue weighted by Crippen LogP contribution is 2.32. The summed E-state index contributed by atoms with van der Waals surface area (Å²) in [5.74, 6) is 0.904. The van der Waals surface area contributed by atoms with Gasteiger partial charge in [0.15, 0.2) is 0 Å². The fourth-order valence-corrected chi connectivity index (χ4v) is 4.43. The van der Waals surface area contributed by atoms with Crippen molar-refractivity contribution in [2.75, 3.05) is 39.3 Å². The SMILES string of the molecule is O=C(c1ccc(F)cc1)N1C[C@H]2CN(C[C@H]3CCCO3)CC[C@H]2C1. The summed E-state index contributed by atoms with van der Waals surface area (Å²) < 4.78 is 18.8. The number of benzene rings is 1. The number of hydrogen-bond acceptors (Lipinski definition) is 3. The Hall–Kier alpha value is -1.46. The highest BCUT2D eigenvalue weighted by Gasteiger charge is 2.39. The Bertz CT molecular complexity index is 586. The molecule has 3 fully saturated rings. The van der Waals surface area contributed by atoms with Gasteiger partial charge in [-0.3, -0.25) is 4.79 Å².